The van der Waals surface area contributed by atoms with Crippen molar-refractivity contribution in [3.05, 3.63) is 34.9 Å². The Bertz CT molecular complexity index is 617. The number of hydrogen-bond donors (Lipinski definition) is 0. The van der Waals surface area contributed by atoms with E-state index in [1.54, 1.807) is 24.3 Å². The summed E-state index contributed by atoms with van der Waals surface area (Å²) in [5.74, 6) is -0.443. The average molecular weight is 356 g/mol. The van der Waals surface area contributed by atoms with Gasteiger partial charge in [-0.2, -0.15) is 0 Å². The first-order chi connectivity index (χ1) is 9.59. The first-order valence-corrected chi connectivity index (χ1v) is 8.02. The minimum absolute atomic E-state index is 0.0187. The van der Waals surface area contributed by atoms with E-state index in [1.807, 2.05) is 0 Å². The number of esters is 1. The molecular weight excluding hydrogens is 344 g/mol. The Morgan fingerprint density at radius 3 is 2.80 bits per heavy atom. The molecule has 2 bridgehead atoms. The van der Waals surface area contributed by atoms with Gasteiger partial charge in [0.1, 0.15) is 6.10 Å². The standard InChI is InChI=1S/C15H12BrClO3/c16-12-7-5-8-11(15(19)20-14(8)12)10(7)13(18)6-3-1-2-4-9(6)17/h1-4,7-8,10-12,14H,5H2. The topological polar surface area (TPSA) is 43.4 Å². The van der Waals surface area contributed by atoms with Crippen LogP contribution in [-0.4, -0.2) is 22.7 Å². The van der Waals surface area contributed by atoms with Crippen LogP contribution in [0.5, 0.6) is 0 Å². The van der Waals surface area contributed by atoms with Gasteiger partial charge in [-0.1, -0.05) is 39.7 Å². The molecule has 6 unspecified atom stereocenters. The van der Waals surface area contributed by atoms with Gasteiger partial charge in [-0.25, -0.2) is 0 Å². The molecule has 0 radical (unpaired) electrons. The van der Waals surface area contributed by atoms with Crippen LogP contribution in [0.3, 0.4) is 0 Å². The molecule has 3 aliphatic rings. The zero-order valence-electron chi connectivity index (χ0n) is 10.5. The van der Waals surface area contributed by atoms with E-state index in [9.17, 15) is 9.59 Å². The second-order valence-corrected chi connectivity index (χ2v) is 7.27. The molecule has 0 aromatic heterocycles. The van der Waals surface area contributed by atoms with Crippen LogP contribution in [0, 0.1) is 23.7 Å². The zero-order chi connectivity index (χ0) is 14.0. The molecule has 1 aliphatic heterocycles. The SMILES string of the molecule is O=C(c1ccccc1Cl)C1C2CC3C(OC(=O)C31)C2Br. The predicted octanol–water partition coefficient (Wildman–Crippen LogP) is 3.09. The first kappa shape index (κ1) is 12.8. The molecule has 20 heavy (non-hydrogen) atoms. The summed E-state index contributed by atoms with van der Waals surface area (Å²) in [6, 6.07) is 7.04. The van der Waals surface area contributed by atoms with Gasteiger partial charge in [0.05, 0.1) is 15.8 Å². The Morgan fingerprint density at radius 1 is 1.30 bits per heavy atom. The average Bonchev–Trinajstić information content (AvgIpc) is 3.02. The Morgan fingerprint density at radius 2 is 2.05 bits per heavy atom. The smallest absolute Gasteiger partial charge is 0.310 e. The van der Waals surface area contributed by atoms with Gasteiger partial charge in [0.25, 0.3) is 0 Å². The number of benzene rings is 1. The summed E-state index contributed by atoms with van der Waals surface area (Å²) in [7, 11) is 0. The molecule has 0 N–H and O–H groups in total. The number of carbonyl (C=O) groups is 2. The van der Waals surface area contributed by atoms with E-state index in [-0.39, 0.29) is 46.4 Å². The molecule has 3 nitrogen and oxygen atoms in total. The lowest BCUT2D eigenvalue weighted by molar-refractivity contribution is -0.143. The van der Waals surface area contributed by atoms with Crippen LogP contribution in [0.15, 0.2) is 24.3 Å². The molecule has 4 rings (SSSR count). The second kappa shape index (κ2) is 4.31. The zero-order valence-corrected chi connectivity index (χ0v) is 12.8. The second-order valence-electron chi connectivity index (χ2n) is 5.81. The molecule has 104 valence electrons. The highest BCUT2D eigenvalue weighted by molar-refractivity contribution is 9.09. The van der Waals surface area contributed by atoms with Crippen LogP contribution in [0.2, 0.25) is 5.02 Å². The molecule has 2 aliphatic carbocycles. The number of ketones is 1. The molecular formula is C15H12BrClO3. The summed E-state index contributed by atoms with van der Waals surface area (Å²) in [5, 5.41) is 0.453. The molecule has 6 atom stereocenters. The van der Waals surface area contributed by atoms with E-state index < -0.39 is 0 Å². The van der Waals surface area contributed by atoms with Crippen LogP contribution in [0.1, 0.15) is 16.8 Å². The Balaban J connectivity index is 1.75. The van der Waals surface area contributed by atoms with E-state index in [0.29, 0.717) is 10.6 Å². The number of fused-ring (bicyclic) bond motifs is 1. The van der Waals surface area contributed by atoms with Crippen molar-refractivity contribution in [3.8, 4) is 0 Å². The van der Waals surface area contributed by atoms with E-state index in [1.165, 1.54) is 0 Å². The van der Waals surface area contributed by atoms with E-state index in [0.717, 1.165) is 6.42 Å². The number of rotatable bonds is 2. The molecule has 1 saturated heterocycles. The molecule has 1 heterocycles. The Labute approximate surface area is 129 Å². The summed E-state index contributed by atoms with van der Waals surface area (Å²) in [6.45, 7) is 0. The van der Waals surface area contributed by atoms with Crippen molar-refractivity contribution in [1.29, 1.82) is 0 Å². The number of halogens is 2. The molecule has 0 amide bonds. The van der Waals surface area contributed by atoms with Gasteiger partial charge >= 0.3 is 5.97 Å². The van der Waals surface area contributed by atoms with E-state index >= 15 is 0 Å². The Kier molecular flexibility index (Phi) is 2.77. The predicted molar refractivity (Wildman–Crippen MR) is 77.0 cm³/mol. The van der Waals surface area contributed by atoms with Gasteiger partial charge in [-0.15, -0.1) is 0 Å². The maximum atomic E-state index is 12.8. The first-order valence-electron chi connectivity index (χ1n) is 6.73. The van der Waals surface area contributed by atoms with E-state index in [2.05, 4.69) is 15.9 Å². The van der Waals surface area contributed by atoms with Crippen molar-refractivity contribution in [2.24, 2.45) is 23.7 Å². The number of Topliss-reactive ketones (excluding diaryl/α,β-unsaturated/α-hetero) is 1. The molecule has 0 spiro atoms. The third-order valence-corrected chi connectivity index (χ3v) is 6.49. The fourth-order valence-electron chi connectivity index (χ4n) is 4.17. The summed E-state index contributed by atoms with van der Waals surface area (Å²) in [4.78, 5) is 25.0. The van der Waals surface area contributed by atoms with Crippen molar-refractivity contribution in [2.45, 2.75) is 17.4 Å². The third kappa shape index (κ3) is 1.52. The molecule has 3 fully saturated rings. The highest BCUT2D eigenvalue weighted by Gasteiger charge is 2.67. The normalized spacial score (nSPS) is 41.0. The van der Waals surface area contributed by atoms with Crippen LogP contribution in [0.25, 0.3) is 0 Å². The van der Waals surface area contributed by atoms with Gasteiger partial charge in [-0.3, -0.25) is 9.59 Å². The minimum Gasteiger partial charge on any atom is -0.461 e. The molecule has 2 saturated carbocycles. The lowest BCUT2D eigenvalue weighted by Crippen LogP contribution is -2.38. The fraction of sp³-hybridized carbons (Fsp3) is 0.467. The fourth-order valence-corrected chi connectivity index (χ4v) is 5.44. The number of ether oxygens (including phenoxy) is 1. The monoisotopic (exact) mass is 354 g/mol. The summed E-state index contributed by atoms with van der Waals surface area (Å²) < 4.78 is 5.43. The van der Waals surface area contributed by atoms with Crippen LogP contribution >= 0.6 is 27.5 Å². The maximum Gasteiger partial charge on any atom is 0.310 e. The Hall–Kier alpha value is -0.870. The quantitative estimate of drug-likeness (QED) is 0.465. The largest absolute Gasteiger partial charge is 0.461 e. The van der Waals surface area contributed by atoms with Gasteiger partial charge < -0.3 is 4.74 Å². The summed E-state index contributed by atoms with van der Waals surface area (Å²) in [5.41, 5.74) is 0.516. The lowest BCUT2D eigenvalue weighted by Gasteiger charge is -2.27. The van der Waals surface area contributed by atoms with Gasteiger partial charge in [0, 0.05) is 17.4 Å². The summed E-state index contributed by atoms with van der Waals surface area (Å²) in [6.07, 6.45) is 0.838. The van der Waals surface area contributed by atoms with Crippen LogP contribution in [-0.2, 0) is 9.53 Å². The highest BCUT2D eigenvalue weighted by Crippen LogP contribution is 2.60. The molecule has 1 aromatic rings. The maximum absolute atomic E-state index is 12.8. The van der Waals surface area contributed by atoms with Crippen molar-refractivity contribution in [3.63, 3.8) is 0 Å². The van der Waals surface area contributed by atoms with Crippen molar-refractivity contribution in [1.82, 2.24) is 0 Å². The minimum atomic E-state index is -0.296. The molecule has 5 heteroatoms. The molecule has 1 aromatic carbocycles. The van der Waals surface area contributed by atoms with Crippen LogP contribution in [0.4, 0.5) is 0 Å². The summed E-state index contributed by atoms with van der Waals surface area (Å²) >= 11 is 9.74. The number of alkyl halides is 1. The van der Waals surface area contributed by atoms with Gasteiger partial charge in [-0.05, 0) is 24.5 Å². The third-order valence-electron chi connectivity index (χ3n) is 4.97. The van der Waals surface area contributed by atoms with Gasteiger partial charge in [0.15, 0.2) is 5.78 Å². The van der Waals surface area contributed by atoms with Gasteiger partial charge in [0.2, 0.25) is 0 Å². The van der Waals surface area contributed by atoms with Crippen molar-refractivity contribution >= 4 is 39.3 Å². The van der Waals surface area contributed by atoms with E-state index in [4.69, 9.17) is 16.3 Å². The van der Waals surface area contributed by atoms with Crippen molar-refractivity contribution in [2.75, 3.05) is 0 Å². The lowest BCUT2D eigenvalue weighted by atomic mass is 9.76. The number of carbonyl (C=O) groups excluding carboxylic acids is 2. The highest BCUT2D eigenvalue weighted by atomic mass is 79.9. The van der Waals surface area contributed by atoms with Crippen LogP contribution < -0.4 is 0 Å². The van der Waals surface area contributed by atoms with Crippen molar-refractivity contribution < 1.29 is 14.3 Å². The number of hydrogen-bond acceptors (Lipinski definition) is 3.